The Bertz CT molecular complexity index is 1190. The lowest BCUT2D eigenvalue weighted by Gasteiger charge is -2.30. The van der Waals surface area contributed by atoms with Crippen LogP contribution in [-0.2, 0) is 25.0 Å². The van der Waals surface area contributed by atoms with Gasteiger partial charge in [-0.15, -0.1) is 0 Å². The molecule has 4 amide bonds. The molecule has 2 fully saturated rings. The minimum atomic E-state index is -3.26. The monoisotopic (exact) mass is 475 g/mol. The molecule has 0 saturated carbocycles. The van der Waals surface area contributed by atoms with E-state index in [1.165, 1.54) is 11.8 Å². The van der Waals surface area contributed by atoms with Gasteiger partial charge in [-0.3, -0.25) is 14.5 Å². The molecule has 2 heterocycles. The van der Waals surface area contributed by atoms with Crippen molar-refractivity contribution in [3.05, 3.63) is 65.2 Å². The molecule has 10 heteroatoms. The number of halogens is 1. The van der Waals surface area contributed by atoms with E-state index in [0.717, 1.165) is 4.90 Å². The van der Waals surface area contributed by atoms with E-state index in [-0.39, 0.29) is 11.5 Å². The van der Waals surface area contributed by atoms with Crippen molar-refractivity contribution in [1.82, 2.24) is 10.2 Å². The second-order valence-corrected chi connectivity index (χ2v) is 10.7. The standard InChI is InChI=1S/C22H22ClN3O5S/c1-22(17-9-5-6-10-18(17)23)20(28)25(21(29)24-22)13-19(27)26(15-7-3-2-4-8-15)16-11-12-32(30,31)14-16/h2-10,16H,11-14H2,1H3,(H,24,29). The van der Waals surface area contributed by atoms with E-state index in [0.29, 0.717) is 22.7 Å². The van der Waals surface area contributed by atoms with Crippen LogP contribution in [0.3, 0.4) is 0 Å². The van der Waals surface area contributed by atoms with Crippen LogP contribution in [0.15, 0.2) is 54.6 Å². The van der Waals surface area contributed by atoms with Gasteiger partial charge in [0.05, 0.1) is 17.5 Å². The lowest BCUT2D eigenvalue weighted by Crippen LogP contribution is -2.48. The largest absolute Gasteiger partial charge is 0.325 e. The van der Waals surface area contributed by atoms with E-state index in [9.17, 15) is 22.8 Å². The summed E-state index contributed by atoms with van der Waals surface area (Å²) >= 11 is 6.25. The average molecular weight is 476 g/mol. The van der Waals surface area contributed by atoms with E-state index in [4.69, 9.17) is 11.6 Å². The maximum atomic E-state index is 13.3. The van der Waals surface area contributed by atoms with Gasteiger partial charge in [0.15, 0.2) is 9.84 Å². The molecule has 2 aliphatic heterocycles. The molecule has 0 bridgehead atoms. The summed E-state index contributed by atoms with van der Waals surface area (Å²) in [6.45, 7) is 1.02. The summed E-state index contributed by atoms with van der Waals surface area (Å²) in [6, 6.07) is 14.1. The van der Waals surface area contributed by atoms with E-state index in [1.54, 1.807) is 54.6 Å². The molecular weight excluding hydrogens is 454 g/mol. The quantitative estimate of drug-likeness (QED) is 0.668. The number of amides is 4. The molecule has 2 aromatic carbocycles. The van der Waals surface area contributed by atoms with Gasteiger partial charge in [-0.2, -0.15) is 0 Å². The van der Waals surface area contributed by atoms with Crippen molar-refractivity contribution in [2.45, 2.75) is 24.9 Å². The average Bonchev–Trinajstić information content (AvgIpc) is 3.21. The van der Waals surface area contributed by atoms with Gasteiger partial charge >= 0.3 is 6.03 Å². The Morgan fingerprint density at radius 3 is 2.44 bits per heavy atom. The summed E-state index contributed by atoms with van der Waals surface area (Å²) in [5.74, 6) is -1.31. The molecule has 0 aliphatic carbocycles. The number of hydrogen-bond acceptors (Lipinski definition) is 5. The van der Waals surface area contributed by atoms with Gasteiger partial charge in [-0.1, -0.05) is 48.0 Å². The fourth-order valence-corrected chi connectivity index (χ4v) is 6.25. The van der Waals surface area contributed by atoms with Crippen LogP contribution >= 0.6 is 11.6 Å². The Labute approximate surface area is 191 Å². The zero-order chi connectivity index (χ0) is 23.1. The minimum Gasteiger partial charge on any atom is -0.319 e. The highest BCUT2D eigenvalue weighted by atomic mass is 35.5. The van der Waals surface area contributed by atoms with Crippen molar-refractivity contribution >= 4 is 45.0 Å². The van der Waals surface area contributed by atoms with Gasteiger partial charge in [-0.25, -0.2) is 13.2 Å². The Balaban J connectivity index is 1.62. The first kappa shape index (κ1) is 22.3. The number of hydrogen-bond donors (Lipinski definition) is 1. The minimum absolute atomic E-state index is 0.0119. The summed E-state index contributed by atoms with van der Waals surface area (Å²) in [5.41, 5.74) is -0.471. The first-order valence-corrected chi connectivity index (χ1v) is 12.3. The Morgan fingerprint density at radius 2 is 1.81 bits per heavy atom. The van der Waals surface area contributed by atoms with E-state index < -0.39 is 45.8 Å². The topological polar surface area (TPSA) is 104 Å². The van der Waals surface area contributed by atoms with E-state index in [2.05, 4.69) is 5.32 Å². The van der Waals surface area contributed by atoms with Gasteiger partial charge in [0, 0.05) is 16.3 Å². The van der Waals surface area contributed by atoms with Crippen LogP contribution < -0.4 is 10.2 Å². The van der Waals surface area contributed by atoms with Crippen LogP contribution in [0.5, 0.6) is 0 Å². The summed E-state index contributed by atoms with van der Waals surface area (Å²) in [4.78, 5) is 41.5. The maximum Gasteiger partial charge on any atom is 0.325 e. The van der Waals surface area contributed by atoms with Gasteiger partial charge in [-0.05, 0) is 31.5 Å². The first-order valence-electron chi connectivity index (χ1n) is 10.1. The second kappa shape index (κ2) is 8.22. The van der Waals surface area contributed by atoms with Gasteiger partial charge in [0.2, 0.25) is 5.91 Å². The van der Waals surface area contributed by atoms with Crippen molar-refractivity contribution in [2.24, 2.45) is 0 Å². The van der Waals surface area contributed by atoms with Crippen LogP contribution in [0.2, 0.25) is 5.02 Å². The van der Waals surface area contributed by atoms with Crippen LogP contribution in [0.25, 0.3) is 0 Å². The number of para-hydroxylation sites is 1. The number of sulfone groups is 1. The highest BCUT2D eigenvalue weighted by molar-refractivity contribution is 7.91. The van der Waals surface area contributed by atoms with Crippen molar-refractivity contribution in [3.63, 3.8) is 0 Å². The normalized spacial score (nSPS) is 24.4. The molecule has 2 saturated heterocycles. The smallest absolute Gasteiger partial charge is 0.319 e. The third-order valence-corrected chi connectivity index (χ3v) is 7.94. The number of carbonyl (C=O) groups excluding carboxylic acids is 3. The molecule has 32 heavy (non-hydrogen) atoms. The highest BCUT2D eigenvalue weighted by Gasteiger charge is 2.51. The zero-order valence-electron chi connectivity index (χ0n) is 17.3. The molecule has 8 nitrogen and oxygen atoms in total. The molecule has 4 rings (SSSR count). The third-order valence-electron chi connectivity index (χ3n) is 5.86. The van der Waals surface area contributed by atoms with Gasteiger partial charge < -0.3 is 10.2 Å². The number of anilines is 1. The number of benzene rings is 2. The fraction of sp³-hybridized carbons (Fsp3) is 0.318. The molecule has 0 aromatic heterocycles. The predicted octanol–water partition coefficient (Wildman–Crippen LogP) is 2.33. The first-order chi connectivity index (χ1) is 15.1. The highest BCUT2D eigenvalue weighted by Crippen LogP contribution is 2.34. The number of nitrogens with one attached hydrogen (secondary N) is 1. The number of nitrogens with zero attached hydrogens (tertiary/aromatic N) is 2. The van der Waals surface area contributed by atoms with E-state index in [1.807, 2.05) is 0 Å². The summed E-state index contributed by atoms with van der Waals surface area (Å²) < 4.78 is 24.1. The van der Waals surface area contributed by atoms with Gasteiger partial charge in [0.25, 0.3) is 5.91 Å². The molecular formula is C22H22ClN3O5S. The van der Waals surface area contributed by atoms with E-state index >= 15 is 0 Å². The Kier molecular flexibility index (Phi) is 5.72. The van der Waals surface area contributed by atoms with Gasteiger partial charge in [0.1, 0.15) is 12.1 Å². The molecule has 1 N–H and O–H groups in total. The second-order valence-electron chi connectivity index (χ2n) is 8.08. The molecule has 2 aliphatic rings. The summed E-state index contributed by atoms with van der Waals surface area (Å²) in [5, 5.41) is 2.96. The lowest BCUT2D eigenvalue weighted by molar-refractivity contribution is -0.134. The molecule has 2 atom stereocenters. The van der Waals surface area contributed by atoms with Crippen molar-refractivity contribution in [1.29, 1.82) is 0 Å². The van der Waals surface area contributed by atoms with Crippen LogP contribution in [-0.4, -0.2) is 55.3 Å². The predicted molar refractivity (Wildman–Crippen MR) is 120 cm³/mol. The Morgan fingerprint density at radius 1 is 1.16 bits per heavy atom. The number of urea groups is 1. The third kappa shape index (κ3) is 3.98. The molecule has 168 valence electrons. The Hall–Kier alpha value is -2.91. The zero-order valence-corrected chi connectivity index (χ0v) is 18.9. The molecule has 2 unspecified atom stereocenters. The van der Waals surface area contributed by atoms with Crippen molar-refractivity contribution in [2.75, 3.05) is 23.0 Å². The summed E-state index contributed by atoms with van der Waals surface area (Å²) in [6.07, 6.45) is 0.292. The van der Waals surface area contributed by atoms with Crippen LogP contribution in [0, 0.1) is 0 Å². The number of rotatable bonds is 5. The SMILES string of the molecule is CC1(c2ccccc2Cl)NC(=O)N(CC(=O)N(c2ccccc2)C2CCS(=O)(=O)C2)C1=O. The van der Waals surface area contributed by atoms with Crippen LogP contribution in [0.4, 0.5) is 10.5 Å². The lowest BCUT2D eigenvalue weighted by atomic mass is 9.92. The molecule has 0 spiro atoms. The molecule has 2 aromatic rings. The van der Waals surface area contributed by atoms with Crippen molar-refractivity contribution in [3.8, 4) is 0 Å². The molecule has 0 radical (unpaired) electrons. The fourth-order valence-electron chi connectivity index (χ4n) is 4.23. The van der Waals surface area contributed by atoms with Crippen LogP contribution in [0.1, 0.15) is 18.9 Å². The summed E-state index contributed by atoms with van der Waals surface area (Å²) in [7, 11) is -3.26. The van der Waals surface area contributed by atoms with Crippen molar-refractivity contribution < 1.29 is 22.8 Å². The number of carbonyl (C=O) groups is 3. The number of imide groups is 1. The maximum absolute atomic E-state index is 13.3.